The van der Waals surface area contributed by atoms with E-state index in [9.17, 15) is 0 Å². The molecule has 1 aliphatic heterocycles. The Kier molecular flexibility index (Phi) is 3.42. The van der Waals surface area contributed by atoms with Gasteiger partial charge in [0.25, 0.3) is 0 Å². The van der Waals surface area contributed by atoms with Crippen molar-refractivity contribution in [2.45, 2.75) is 0 Å². The summed E-state index contributed by atoms with van der Waals surface area (Å²) in [5.41, 5.74) is 9.32. The molecule has 1 aliphatic rings. The second-order valence-electron chi connectivity index (χ2n) is 3.83. The van der Waals surface area contributed by atoms with Gasteiger partial charge in [0.15, 0.2) is 11.0 Å². The van der Waals surface area contributed by atoms with E-state index in [2.05, 4.69) is 32.4 Å². The molecule has 7 heteroatoms. The van der Waals surface area contributed by atoms with Gasteiger partial charge < -0.3 is 16.1 Å². The van der Waals surface area contributed by atoms with E-state index < -0.39 is 0 Å². The predicted octanol–water partition coefficient (Wildman–Crippen LogP) is 0.286. The van der Waals surface area contributed by atoms with Crippen LogP contribution in [0, 0.1) is 0 Å². The number of anilines is 2. The summed E-state index contributed by atoms with van der Waals surface area (Å²) >= 11 is 5.81. The average molecular weight is 243 g/mol. The molecule has 6 nitrogen and oxygen atoms in total. The maximum Gasteiger partial charge on any atom is 0.168 e. The molecule has 0 saturated carbocycles. The summed E-state index contributed by atoms with van der Waals surface area (Å²) in [5, 5.41) is 2.36. The fraction of sp³-hybridized carbons (Fsp3) is 0.556. The van der Waals surface area contributed by atoms with Crippen LogP contribution in [0.2, 0.25) is 5.15 Å². The fourth-order valence-electron chi connectivity index (χ4n) is 1.53. The predicted molar refractivity (Wildman–Crippen MR) is 64.1 cm³/mol. The molecule has 1 saturated heterocycles. The third-order valence-corrected chi connectivity index (χ3v) is 2.90. The highest BCUT2D eigenvalue weighted by Gasteiger charge is 2.15. The van der Waals surface area contributed by atoms with Crippen molar-refractivity contribution >= 4 is 23.1 Å². The van der Waals surface area contributed by atoms with Crippen LogP contribution in [0.3, 0.4) is 0 Å². The van der Waals surface area contributed by atoms with Gasteiger partial charge in [-0.15, -0.1) is 0 Å². The second kappa shape index (κ2) is 4.82. The van der Waals surface area contributed by atoms with Crippen LogP contribution in [0.5, 0.6) is 0 Å². The van der Waals surface area contributed by atoms with Crippen LogP contribution in [-0.4, -0.2) is 53.1 Å². The highest BCUT2D eigenvalue weighted by atomic mass is 35.5. The Morgan fingerprint density at radius 1 is 1.31 bits per heavy atom. The lowest BCUT2D eigenvalue weighted by Gasteiger charge is -2.32. The van der Waals surface area contributed by atoms with Crippen molar-refractivity contribution in [1.82, 2.24) is 19.9 Å². The monoisotopic (exact) mass is 242 g/mol. The minimum atomic E-state index is 0.284. The molecule has 2 heterocycles. The summed E-state index contributed by atoms with van der Waals surface area (Å²) in [7, 11) is 2.10. The molecule has 2 rings (SSSR count). The molecule has 0 amide bonds. The molecule has 16 heavy (non-hydrogen) atoms. The number of rotatable bonds is 2. The second-order valence-corrected chi connectivity index (χ2v) is 4.19. The zero-order valence-electron chi connectivity index (χ0n) is 9.15. The molecule has 0 unspecified atom stereocenters. The van der Waals surface area contributed by atoms with E-state index in [4.69, 9.17) is 17.3 Å². The molecule has 0 aromatic carbocycles. The van der Waals surface area contributed by atoms with Gasteiger partial charge in [0.1, 0.15) is 12.0 Å². The SMILES string of the molecule is CN1CCN(Nc2ncnc(Cl)c2N)CC1. The van der Waals surface area contributed by atoms with Crippen molar-refractivity contribution in [3.8, 4) is 0 Å². The summed E-state index contributed by atoms with van der Waals surface area (Å²) in [6, 6.07) is 0. The van der Waals surface area contributed by atoms with Gasteiger partial charge in [-0.25, -0.2) is 15.0 Å². The van der Waals surface area contributed by atoms with Crippen LogP contribution in [0.4, 0.5) is 11.5 Å². The zero-order valence-corrected chi connectivity index (χ0v) is 9.91. The van der Waals surface area contributed by atoms with E-state index in [1.165, 1.54) is 6.33 Å². The molecule has 0 atom stereocenters. The molecule has 88 valence electrons. The van der Waals surface area contributed by atoms with Crippen molar-refractivity contribution in [3.05, 3.63) is 11.5 Å². The molecule has 0 spiro atoms. The number of nitrogens with two attached hydrogens (primary N) is 1. The van der Waals surface area contributed by atoms with Gasteiger partial charge in [0.2, 0.25) is 0 Å². The highest BCUT2D eigenvalue weighted by molar-refractivity contribution is 6.32. The Hall–Kier alpha value is -1.11. The van der Waals surface area contributed by atoms with E-state index in [0.29, 0.717) is 11.5 Å². The van der Waals surface area contributed by atoms with Crippen LogP contribution in [-0.2, 0) is 0 Å². The van der Waals surface area contributed by atoms with Gasteiger partial charge in [-0.2, -0.15) is 0 Å². The summed E-state index contributed by atoms with van der Waals surface area (Å²) < 4.78 is 0. The third-order valence-electron chi connectivity index (χ3n) is 2.60. The molecule has 1 aromatic heterocycles. The lowest BCUT2D eigenvalue weighted by molar-refractivity contribution is 0.178. The molecule has 0 aliphatic carbocycles. The van der Waals surface area contributed by atoms with Gasteiger partial charge in [0.05, 0.1) is 0 Å². The van der Waals surface area contributed by atoms with E-state index >= 15 is 0 Å². The van der Waals surface area contributed by atoms with E-state index in [-0.39, 0.29) is 5.15 Å². The Labute approximate surface area is 99.4 Å². The van der Waals surface area contributed by atoms with Crippen LogP contribution in [0.25, 0.3) is 0 Å². The number of nitrogens with one attached hydrogen (secondary N) is 1. The van der Waals surface area contributed by atoms with Gasteiger partial charge in [0, 0.05) is 26.2 Å². The van der Waals surface area contributed by atoms with Crippen molar-refractivity contribution in [2.24, 2.45) is 0 Å². The molecule has 0 bridgehead atoms. The molecule has 1 aromatic rings. The van der Waals surface area contributed by atoms with Crippen molar-refractivity contribution in [3.63, 3.8) is 0 Å². The molecular weight excluding hydrogens is 228 g/mol. The maximum absolute atomic E-state index is 5.81. The van der Waals surface area contributed by atoms with Gasteiger partial charge in [-0.1, -0.05) is 11.6 Å². The quantitative estimate of drug-likeness (QED) is 0.727. The molecule has 0 radical (unpaired) electrons. The van der Waals surface area contributed by atoms with Crippen molar-refractivity contribution in [2.75, 3.05) is 44.4 Å². The van der Waals surface area contributed by atoms with Gasteiger partial charge >= 0.3 is 0 Å². The van der Waals surface area contributed by atoms with Crippen LogP contribution < -0.4 is 11.2 Å². The smallest absolute Gasteiger partial charge is 0.168 e. The lowest BCUT2D eigenvalue weighted by Crippen LogP contribution is -2.47. The number of hydrogen-bond acceptors (Lipinski definition) is 6. The molecule has 1 fully saturated rings. The number of hydrogen-bond donors (Lipinski definition) is 2. The number of halogens is 1. The van der Waals surface area contributed by atoms with E-state index in [1.54, 1.807) is 0 Å². The lowest BCUT2D eigenvalue weighted by atomic mass is 10.4. The first kappa shape index (κ1) is 11.4. The number of piperazine rings is 1. The summed E-state index contributed by atoms with van der Waals surface area (Å²) in [6.45, 7) is 3.90. The number of aromatic nitrogens is 2. The van der Waals surface area contributed by atoms with Crippen LogP contribution in [0.1, 0.15) is 0 Å². The number of nitrogen functional groups attached to an aromatic ring is 1. The number of likely N-dealkylation sites (N-methyl/N-ethyl adjacent to an activating group) is 1. The fourth-order valence-corrected chi connectivity index (χ4v) is 1.66. The number of hydrazine groups is 1. The van der Waals surface area contributed by atoms with Crippen LogP contribution in [0.15, 0.2) is 6.33 Å². The highest BCUT2D eigenvalue weighted by Crippen LogP contribution is 2.22. The van der Waals surface area contributed by atoms with Crippen molar-refractivity contribution in [1.29, 1.82) is 0 Å². The number of nitrogens with zero attached hydrogens (tertiary/aromatic N) is 4. The molecule has 3 N–H and O–H groups in total. The first-order valence-electron chi connectivity index (χ1n) is 5.13. The first-order chi connectivity index (χ1) is 7.66. The summed E-state index contributed by atoms with van der Waals surface area (Å²) in [6.07, 6.45) is 1.40. The third kappa shape index (κ3) is 2.52. The van der Waals surface area contributed by atoms with E-state index in [0.717, 1.165) is 26.2 Å². The maximum atomic E-state index is 5.81. The first-order valence-corrected chi connectivity index (χ1v) is 5.50. The minimum Gasteiger partial charge on any atom is -0.393 e. The average Bonchev–Trinajstić information content (AvgIpc) is 2.28. The van der Waals surface area contributed by atoms with Crippen molar-refractivity contribution < 1.29 is 0 Å². The topological polar surface area (TPSA) is 70.3 Å². The molecular formula is C9H15ClN6. The van der Waals surface area contributed by atoms with Crippen LogP contribution >= 0.6 is 11.6 Å². The minimum absolute atomic E-state index is 0.284. The van der Waals surface area contributed by atoms with Gasteiger partial charge in [-0.05, 0) is 7.05 Å². The normalized spacial score (nSPS) is 18.6. The summed E-state index contributed by atoms with van der Waals surface area (Å²) in [4.78, 5) is 10.1. The van der Waals surface area contributed by atoms with E-state index in [1.807, 2.05) is 0 Å². The Bertz CT molecular complexity index is 363. The Balaban J connectivity index is 2.01. The summed E-state index contributed by atoms with van der Waals surface area (Å²) in [5.74, 6) is 0.574. The largest absolute Gasteiger partial charge is 0.393 e. The standard InChI is InChI=1S/C9H15ClN6/c1-15-2-4-16(5-3-15)14-9-7(11)8(10)12-6-13-9/h6H,2-5,11H2,1H3,(H,12,13,14). The Morgan fingerprint density at radius 3 is 2.69 bits per heavy atom. The van der Waals surface area contributed by atoms with Gasteiger partial charge in [-0.3, -0.25) is 0 Å². The zero-order chi connectivity index (χ0) is 11.5. The Morgan fingerprint density at radius 2 is 2.00 bits per heavy atom.